The van der Waals surface area contributed by atoms with Crippen molar-refractivity contribution in [2.24, 2.45) is 5.41 Å². The van der Waals surface area contributed by atoms with Gasteiger partial charge in [-0.25, -0.2) is 4.98 Å². The van der Waals surface area contributed by atoms with Crippen molar-refractivity contribution < 1.29 is 23.8 Å². The fourth-order valence-corrected chi connectivity index (χ4v) is 5.77. The van der Waals surface area contributed by atoms with E-state index in [1.165, 1.54) is 10.9 Å². The monoisotopic (exact) mass is 475 g/mol. The Morgan fingerprint density at radius 1 is 1.35 bits per heavy atom. The third-order valence-electron chi connectivity index (χ3n) is 4.49. The SMILES string of the molecule is CC(C)(C)C[C@H]1O[C@@H](n2cnc3c(=O)[nH]c(N)nc32)[C@@H](O)C1OP(O)(=S)OC(C)(C)C. The number of fused-ring (bicyclic) bond motifs is 1. The molecule has 0 spiro atoms. The molecule has 2 aromatic rings. The van der Waals surface area contributed by atoms with Gasteiger partial charge in [0.05, 0.1) is 18.0 Å². The van der Waals surface area contributed by atoms with E-state index in [2.05, 4.69) is 15.0 Å². The number of nitrogens with zero attached hydrogens (tertiary/aromatic N) is 3. The van der Waals surface area contributed by atoms with Crippen LogP contribution < -0.4 is 11.3 Å². The number of aromatic nitrogens is 4. The number of hydrogen-bond donors (Lipinski definition) is 4. The van der Waals surface area contributed by atoms with Crippen LogP contribution in [0.2, 0.25) is 0 Å². The largest absolute Gasteiger partial charge is 0.386 e. The topological polar surface area (TPSA) is 158 Å². The van der Waals surface area contributed by atoms with Crippen LogP contribution in [0.15, 0.2) is 11.1 Å². The number of nitrogens with one attached hydrogen (secondary N) is 1. The van der Waals surface area contributed by atoms with Crippen LogP contribution in [0.5, 0.6) is 0 Å². The third-order valence-corrected chi connectivity index (χ3v) is 6.26. The molecular weight excluding hydrogens is 445 g/mol. The number of hydrogen-bond acceptors (Lipinski definition) is 9. The number of aliphatic hydroxyl groups excluding tert-OH is 1. The van der Waals surface area contributed by atoms with Gasteiger partial charge in [-0.05, 0) is 44.4 Å². The Balaban J connectivity index is 1.98. The molecule has 2 aromatic heterocycles. The number of anilines is 1. The normalized spacial score (nSPS) is 27.0. The molecule has 1 fully saturated rings. The molecule has 3 heterocycles. The minimum atomic E-state index is -3.69. The Morgan fingerprint density at radius 2 is 2.00 bits per heavy atom. The number of nitrogen functional groups attached to an aromatic ring is 1. The second kappa shape index (κ2) is 8.18. The van der Waals surface area contributed by atoms with Crippen LogP contribution in [-0.2, 0) is 25.6 Å². The minimum Gasteiger partial charge on any atom is -0.386 e. The van der Waals surface area contributed by atoms with Gasteiger partial charge in [0.2, 0.25) is 5.95 Å². The van der Waals surface area contributed by atoms with Crippen LogP contribution in [-0.4, -0.2) is 53.4 Å². The van der Waals surface area contributed by atoms with Crippen LogP contribution >= 0.6 is 6.72 Å². The van der Waals surface area contributed by atoms with Crippen molar-refractivity contribution in [1.82, 2.24) is 19.5 Å². The molecule has 1 saturated heterocycles. The lowest BCUT2D eigenvalue weighted by molar-refractivity contribution is -0.0457. The molecule has 0 aliphatic carbocycles. The molecule has 1 aliphatic rings. The number of nitrogens with two attached hydrogens (primary N) is 1. The Labute approximate surface area is 185 Å². The van der Waals surface area contributed by atoms with Gasteiger partial charge in [0.25, 0.3) is 5.56 Å². The Hall–Kier alpha value is -1.40. The van der Waals surface area contributed by atoms with E-state index >= 15 is 0 Å². The average molecular weight is 476 g/mol. The molecule has 0 amide bonds. The van der Waals surface area contributed by atoms with E-state index in [0.29, 0.717) is 6.42 Å². The zero-order chi connectivity index (χ0) is 23.4. The van der Waals surface area contributed by atoms with Crippen molar-refractivity contribution in [2.45, 2.75) is 78.1 Å². The highest BCUT2D eigenvalue weighted by molar-refractivity contribution is 8.07. The van der Waals surface area contributed by atoms with Crippen molar-refractivity contribution in [3.63, 3.8) is 0 Å². The van der Waals surface area contributed by atoms with Crippen molar-refractivity contribution in [2.75, 3.05) is 5.73 Å². The first-order valence-electron chi connectivity index (χ1n) is 9.84. The summed E-state index contributed by atoms with van der Waals surface area (Å²) in [5.74, 6) is -0.0878. The van der Waals surface area contributed by atoms with Crippen LogP contribution in [0.3, 0.4) is 0 Å². The van der Waals surface area contributed by atoms with Gasteiger partial charge in [-0.15, -0.1) is 0 Å². The number of H-pyrrole nitrogens is 1. The molecule has 31 heavy (non-hydrogen) atoms. The van der Waals surface area contributed by atoms with Gasteiger partial charge in [-0.3, -0.25) is 18.9 Å². The lowest BCUT2D eigenvalue weighted by Crippen LogP contribution is -2.36. The van der Waals surface area contributed by atoms with E-state index < -0.39 is 42.4 Å². The lowest BCUT2D eigenvalue weighted by atomic mass is 9.87. The molecule has 3 rings (SSSR count). The molecule has 0 saturated carbocycles. The summed E-state index contributed by atoms with van der Waals surface area (Å²) in [6.45, 7) is 7.59. The highest BCUT2D eigenvalue weighted by atomic mass is 32.5. The highest BCUT2D eigenvalue weighted by Gasteiger charge is 2.49. The highest BCUT2D eigenvalue weighted by Crippen LogP contribution is 2.52. The third kappa shape index (κ3) is 5.70. The Morgan fingerprint density at radius 3 is 2.58 bits per heavy atom. The number of imidazole rings is 1. The van der Waals surface area contributed by atoms with Gasteiger partial charge in [0.1, 0.15) is 12.2 Å². The van der Waals surface area contributed by atoms with Gasteiger partial charge in [0, 0.05) is 0 Å². The molecule has 0 bridgehead atoms. The first kappa shape index (κ1) is 24.2. The van der Waals surface area contributed by atoms with Crippen molar-refractivity contribution in [3.05, 3.63) is 16.7 Å². The Bertz CT molecular complexity index is 1060. The summed E-state index contributed by atoms with van der Waals surface area (Å²) >= 11 is 5.19. The summed E-state index contributed by atoms with van der Waals surface area (Å²) in [7, 11) is 0. The molecule has 1 aliphatic heterocycles. The molecular formula is C18H30N5O6PS. The standard InChI is InChI=1S/C18H30N5O6PS/c1-17(2,3)7-9-12(28-30(26,31)29-18(4,5)6)11(24)15(27-9)23-8-20-10-13(23)21-16(19)22-14(10)25/h8-9,11-12,15,24H,7H2,1-6H3,(H,26,31)(H3,19,21,22,25)/t9-,11+,12?,15-,30?/m1/s1. The van der Waals surface area contributed by atoms with Crippen LogP contribution in [0, 0.1) is 5.41 Å². The predicted octanol–water partition coefficient (Wildman–Crippen LogP) is 1.81. The molecule has 0 radical (unpaired) electrons. The number of aliphatic hydroxyl groups is 1. The molecule has 13 heteroatoms. The minimum absolute atomic E-state index is 0.0603. The van der Waals surface area contributed by atoms with Gasteiger partial charge in [0.15, 0.2) is 17.4 Å². The predicted molar refractivity (Wildman–Crippen MR) is 119 cm³/mol. The van der Waals surface area contributed by atoms with Gasteiger partial charge >= 0.3 is 6.72 Å². The summed E-state index contributed by atoms with van der Waals surface area (Å²) < 4.78 is 18.9. The fourth-order valence-electron chi connectivity index (χ4n) is 3.50. The van der Waals surface area contributed by atoms with E-state index in [0.717, 1.165) is 0 Å². The van der Waals surface area contributed by atoms with Crippen molar-refractivity contribution in [1.29, 1.82) is 0 Å². The van der Waals surface area contributed by atoms with E-state index in [1.807, 2.05) is 20.8 Å². The summed E-state index contributed by atoms with van der Waals surface area (Å²) in [6, 6.07) is 0. The summed E-state index contributed by atoms with van der Waals surface area (Å²) in [5.41, 5.74) is 4.47. The molecule has 174 valence electrons. The molecule has 0 aromatic carbocycles. The van der Waals surface area contributed by atoms with Crippen molar-refractivity contribution >= 4 is 35.6 Å². The summed E-state index contributed by atoms with van der Waals surface area (Å²) in [6.07, 6.45) is -1.98. The van der Waals surface area contributed by atoms with Crippen LogP contribution in [0.25, 0.3) is 11.2 Å². The zero-order valence-electron chi connectivity index (χ0n) is 18.4. The molecule has 5 atom stereocenters. The second-order valence-electron chi connectivity index (χ2n) is 9.84. The lowest BCUT2D eigenvalue weighted by Gasteiger charge is -2.31. The maximum absolute atomic E-state index is 12.1. The maximum atomic E-state index is 12.1. The second-order valence-corrected chi connectivity index (χ2v) is 12.6. The fraction of sp³-hybridized carbons (Fsp3) is 0.722. The van der Waals surface area contributed by atoms with Crippen LogP contribution in [0.4, 0.5) is 5.95 Å². The smallest absolute Gasteiger partial charge is 0.325 e. The summed E-state index contributed by atoms with van der Waals surface area (Å²) in [5, 5.41) is 11.1. The maximum Gasteiger partial charge on any atom is 0.325 e. The average Bonchev–Trinajstić information content (AvgIpc) is 3.07. The Kier molecular flexibility index (Phi) is 6.40. The first-order valence-corrected chi connectivity index (χ1v) is 12.4. The van der Waals surface area contributed by atoms with E-state index in [4.69, 9.17) is 31.3 Å². The van der Waals surface area contributed by atoms with E-state index in [9.17, 15) is 14.8 Å². The van der Waals surface area contributed by atoms with Gasteiger partial charge < -0.3 is 25.0 Å². The number of ether oxygens (including phenoxy) is 1. The van der Waals surface area contributed by atoms with E-state index in [-0.39, 0.29) is 22.5 Å². The number of rotatable bonds is 5. The molecule has 11 nitrogen and oxygen atoms in total. The van der Waals surface area contributed by atoms with Gasteiger partial charge in [-0.1, -0.05) is 20.8 Å². The number of aromatic amines is 1. The zero-order valence-corrected chi connectivity index (χ0v) is 20.1. The summed E-state index contributed by atoms with van der Waals surface area (Å²) in [4.78, 5) is 33.3. The first-order chi connectivity index (χ1) is 14.1. The van der Waals surface area contributed by atoms with Gasteiger partial charge in [-0.2, -0.15) is 4.98 Å². The van der Waals surface area contributed by atoms with E-state index in [1.54, 1.807) is 20.8 Å². The molecule has 5 N–H and O–H groups in total. The van der Waals surface area contributed by atoms with Crippen LogP contribution in [0.1, 0.15) is 54.2 Å². The molecule has 2 unspecified atom stereocenters. The van der Waals surface area contributed by atoms with Crippen molar-refractivity contribution in [3.8, 4) is 0 Å². The quantitative estimate of drug-likeness (QED) is 0.470.